The Balaban J connectivity index is 1.97. The molecule has 1 aliphatic heterocycles. The minimum atomic E-state index is -3.18. The van der Waals surface area contributed by atoms with Crippen LogP contribution < -0.4 is 10.1 Å². The number of methoxy groups -OCH3 is 1. The minimum Gasteiger partial charge on any atom is -0.494 e. The molecule has 0 saturated carbocycles. The van der Waals surface area contributed by atoms with Crippen LogP contribution in [0.2, 0.25) is 10.0 Å². The molecule has 1 aromatic rings. The zero-order valence-electron chi connectivity index (χ0n) is 14.2. The highest BCUT2D eigenvalue weighted by Crippen LogP contribution is 2.33. The molecule has 0 spiro atoms. The topological polar surface area (TPSA) is 75.7 Å². The molecule has 1 aliphatic rings. The molecule has 1 N–H and O–H groups in total. The molecule has 0 unspecified atom stereocenters. The number of carbonyl (C=O) groups is 1. The lowest BCUT2D eigenvalue weighted by Gasteiger charge is -2.31. The van der Waals surface area contributed by atoms with E-state index in [1.807, 2.05) is 6.92 Å². The van der Waals surface area contributed by atoms with Gasteiger partial charge in [-0.2, -0.15) is 0 Å². The Kier molecular flexibility index (Phi) is 6.96. The summed E-state index contributed by atoms with van der Waals surface area (Å²) in [6, 6.07) is 2.92. The number of carbonyl (C=O) groups excluding carboxylic acids is 1. The summed E-state index contributed by atoms with van der Waals surface area (Å²) in [5.41, 5.74) is 0.344. The summed E-state index contributed by atoms with van der Waals surface area (Å²) in [7, 11) is -1.73. The Labute approximate surface area is 158 Å². The molecule has 140 valence electrons. The fourth-order valence-electron chi connectivity index (χ4n) is 2.82. The van der Waals surface area contributed by atoms with Gasteiger partial charge in [0.1, 0.15) is 0 Å². The van der Waals surface area contributed by atoms with E-state index in [0.717, 1.165) is 0 Å². The summed E-state index contributed by atoms with van der Waals surface area (Å²) in [4.78, 5) is 12.4. The predicted octanol–water partition coefficient (Wildman–Crippen LogP) is 2.94. The van der Waals surface area contributed by atoms with Gasteiger partial charge >= 0.3 is 0 Å². The van der Waals surface area contributed by atoms with E-state index in [1.165, 1.54) is 23.5 Å². The van der Waals surface area contributed by atoms with Crippen molar-refractivity contribution in [2.45, 2.75) is 32.2 Å². The zero-order valence-corrected chi connectivity index (χ0v) is 16.5. The van der Waals surface area contributed by atoms with Crippen molar-refractivity contribution in [2.24, 2.45) is 0 Å². The molecular weight excluding hydrogens is 387 g/mol. The fourth-order valence-corrected chi connectivity index (χ4v) is 5.00. The van der Waals surface area contributed by atoms with Crippen LogP contribution in [0, 0.1) is 0 Å². The summed E-state index contributed by atoms with van der Waals surface area (Å²) in [6.45, 7) is 2.67. The smallest absolute Gasteiger partial charge is 0.251 e. The third-order valence-electron chi connectivity index (χ3n) is 4.11. The molecule has 0 aromatic heterocycles. The van der Waals surface area contributed by atoms with Crippen molar-refractivity contribution in [3.8, 4) is 5.75 Å². The summed E-state index contributed by atoms with van der Waals surface area (Å²) in [5, 5.41) is 3.44. The molecular formula is C16H22Cl2N2O4S. The third-order valence-corrected chi connectivity index (χ3v) is 6.75. The van der Waals surface area contributed by atoms with Crippen LogP contribution in [0.25, 0.3) is 0 Å². The maximum atomic E-state index is 12.4. The van der Waals surface area contributed by atoms with Crippen LogP contribution in [-0.4, -0.2) is 50.6 Å². The van der Waals surface area contributed by atoms with E-state index in [1.54, 1.807) is 0 Å². The Hall–Kier alpha value is -1.02. The van der Waals surface area contributed by atoms with Gasteiger partial charge in [0.05, 0.1) is 22.9 Å². The lowest BCUT2D eigenvalue weighted by molar-refractivity contribution is 0.0924. The molecule has 1 saturated heterocycles. The van der Waals surface area contributed by atoms with Crippen molar-refractivity contribution >= 4 is 39.1 Å². The van der Waals surface area contributed by atoms with Gasteiger partial charge in [0.2, 0.25) is 10.0 Å². The molecule has 2 rings (SSSR count). The van der Waals surface area contributed by atoms with E-state index in [-0.39, 0.29) is 27.7 Å². The van der Waals surface area contributed by atoms with Crippen LogP contribution >= 0.6 is 23.2 Å². The quantitative estimate of drug-likeness (QED) is 0.784. The second-order valence-electron chi connectivity index (χ2n) is 5.94. The average Bonchev–Trinajstić information content (AvgIpc) is 2.55. The number of hydrogen-bond acceptors (Lipinski definition) is 4. The highest BCUT2D eigenvalue weighted by molar-refractivity contribution is 7.89. The van der Waals surface area contributed by atoms with Crippen LogP contribution in [0.1, 0.15) is 36.5 Å². The molecule has 1 fully saturated rings. The molecule has 9 heteroatoms. The van der Waals surface area contributed by atoms with Crippen molar-refractivity contribution in [2.75, 3.05) is 26.0 Å². The van der Waals surface area contributed by atoms with Gasteiger partial charge < -0.3 is 10.1 Å². The Morgan fingerprint density at radius 3 is 2.32 bits per heavy atom. The minimum absolute atomic E-state index is 0.0831. The monoisotopic (exact) mass is 408 g/mol. The van der Waals surface area contributed by atoms with Crippen LogP contribution in [-0.2, 0) is 10.0 Å². The molecule has 0 aliphatic carbocycles. The number of nitrogens with one attached hydrogen (secondary N) is 1. The lowest BCUT2D eigenvalue weighted by Crippen LogP contribution is -2.47. The van der Waals surface area contributed by atoms with Gasteiger partial charge in [-0.1, -0.05) is 30.1 Å². The molecule has 1 aromatic carbocycles. The molecule has 1 amide bonds. The Morgan fingerprint density at radius 2 is 1.84 bits per heavy atom. The van der Waals surface area contributed by atoms with E-state index in [4.69, 9.17) is 27.9 Å². The van der Waals surface area contributed by atoms with E-state index < -0.39 is 10.0 Å². The van der Waals surface area contributed by atoms with Gasteiger partial charge in [0.15, 0.2) is 5.75 Å². The van der Waals surface area contributed by atoms with Crippen molar-refractivity contribution in [3.63, 3.8) is 0 Å². The summed E-state index contributed by atoms with van der Waals surface area (Å²) in [6.07, 6.45) is 1.75. The first-order chi connectivity index (χ1) is 11.8. The standard InChI is InChI=1S/C16H22Cl2N2O4S/c1-3-8-25(22,23)20-6-4-12(5-7-20)19-16(21)11-9-13(17)15(24-2)14(18)10-11/h9-10,12H,3-8H2,1-2H3,(H,19,21). The second-order valence-corrected chi connectivity index (χ2v) is 8.84. The molecule has 0 bridgehead atoms. The molecule has 25 heavy (non-hydrogen) atoms. The predicted molar refractivity (Wildman–Crippen MR) is 99.2 cm³/mol. The maximum absolute atomic E-state index is 12.4. The number of amides is 1. The maximum Gasteiger partial charge on any atom is 0.251 e. The van der Waals surface area contributed by atoms with Crippen LogP contribution in [0.15, 0.2) is 12.1 Å². The SMILES string of the molecule is CCCS(=O)(=O)N1CCC(NC(=O)c2cc(Cl)c(OC)c(Cl)c2)CC1. The zero-order chi connectivity index (χ0) is 18.6. The van der Waals surface area contributed by atoms with E-state index in [0.29, 0.717) is 43.7 Å². The van der Waals surface area contributed by atoms with Crippen LogP contribution in [0.4, 0.5) is 0 Å². The molecule has 1 heterocycles. The number of ether oxygens (including phenoxy) is 1. The third kappa shape index (κ3) is 5.00. The highest BCUT2D eigenvalue weighted by Gasteiger charge is 2.28. The van der Waals surface area contributed by atoms with Crippen LogP contribution in [0.3, 0.4) is 0 Å². The van der Waals surface area contributed by atoms with E-state index in [9.17, 15) is 13.2 Å². The average molecular weight is 409 g/mol. The number of nitrogens with zero attached hydrogens (tertiary/aromatic N) is 1. The highest BCUT2D eigenvalue weighted by atomic mass is 35.5. The fraction of sp³-hybridized carbons (Fsp3) is 0.562. The van der Waals surface area contributed by atoms with Crippen molar-refractivity contribution < 1.29 is 17.9 Å². The molecule has 0 radical (unpaired) electrons. The van der Waals surface area contributed by atoms with Crippen molar-refractivity contribution in [1.82, 2.24) is 9.62 Å². The first-order valence-electron chi connectivity index (χ1n) is 8.10. The van der Waals surface area contributed by atoms with Gasteiger partial charge in [0, 0.05) is 24.7 Å². The van der Waals surface area contributed by atoms with Gasteiger partial charge in [-0.3, -0.25) is 4.79 Å². The summed E-state index contributed by atoms with van der Waals surface area (Å²) < 4.78 is 30.7. The first-order valence-corrected chi connectivity index (χ1v) is 10.5. The number of hydrogen-bond donors (Lipinski definition) is 1. The lowest BCUT2D eigenvalue weighted by atomic mass is 10.1. The van der Waals surface area contributed by atoms with E-state index >= 15 is 0 Å². The normalized spacial score (nSPS) is 16.6. The van der Waals surface area contributed by atoms with Gasteiger partial charge in [-0.25, -0.2) is 12.7 Å². The van der Waals surface area contributed by atoms with Gasteiger partial charge in [-0.15, -0.1) is 0 Å². The van der Waals surface area contributed by atoms with Crippen molar-refractivity contribution in [1.29, 1.82) is 0 Å². The summed E-state index contributed by atoms with van der Waals surface area (Å²) >= 11 is 12.1. The van der Waals surface area contributed by atoms with Gasteiger partial charge in [0.25, 0.3) is 5.91 Å². The number of piperidine rings is 1. The first kappa shape index (κ1) is 20.3. The number of benzene rings is 1. The number of halogens is 2. The largest absolute Gasteiger partial charge is 0.494 e. The number of rotatable bonds is 6. The van der Waals surface area contributed by atoms with Crippen molar-refractivity contribution in [3.05, 3.63) is 27.7 Å². The Morgan fingerprint density at radius 1 is 1.28 bits per heavy atom. The molecule has 6 nitrogen and oxygen atoms in total. The summed E-state index contributed by atoms with van der Waals surface area (Å²) in [5.74, 6) is 0.197. The van der Waals surface area contributed by atoms with Gasteiger partial charge in [-0.05, 0) is 31.4 Å². The van der Waals surface area contributed by atoms with E-state index in [2.05, 4.69) is 5.32 Å². The Bertz CT molecular complexity index is 709. The second kappa shape index (κ2) is 8.58. The van der Waals surface area contributed by atoms with Crippen LogP contribution in [0.5, 0.6) is 5.75 Å². The molecule has 0 atom stereocenters. The number of sulfonamides is 1.